The van der Waals surface area contributed by atoms with Crippen LogP contribution < -0.4 is 11.1 Å². The molecule has 1 heterocycles. The normalized spacial score (nSPS) is 14.3. The summed E-state index contributed by atoms with van der Waals surface area (Å²) in [5.74, 6) is -0.244. The second-order valence-corrected chi connectivity index (χ2v) is 4.76. The Labute approximate surface area is 111 Å². The fourth-order valence-corrected chi connectivity index (χ4v) is 2.01. The van der Waals surface area contributed by atoms with Gasteiger partial charge in [-0.3, -0.25) is 4.79 Å². The Balaban J connectivity index is 2.02. The molecule has 0 saturated heterocycles. The van der Waals surface area contributed by atoms with Crippen LogP contribution in [0.5, 0.6) is 0 Å². The van der Waals surface area contributed by atoms with Crippen LogP contribution >= 0.6 is 0 Å². The summed E-state index contributed by atoms with van der Waals surface area (Å²) < 4.78 is 0. The van der Waals surface area contributed by atoms with Gasteiger partial charge in [-0.2, -0.15) is 0 Å². The highest BCUT2D eigenvalue weighted by Crippen LogP contribution is 2.18. The zero-order valence-electron chi connectivity index (χ0n) is 10.9. The number of hydrogen-bond acceptors (Lipinski definition) is 3. The molecule has 0 saturated carbocycles. The van der Waals surface area contributed by atoms with Crippen LogP contribution in [0.1, 0.15) is 12.5 Å². The van der Waals surface area contributed by atoms with Gasteiger partial charge in [0.15, 0.2) is 0 Å². The highest BCUT2D eigenvalue weighted by molar-refractivity contribution is 5.86. The molecule has 0 radical (unpaired) electrons. The van der Waals surface area contributed by atoms with Gasteiger partial charge >= 0.3 is 0 Å². The number of carbonyl (C=O) groups excluding carboxylic acids is 1. The molecule has 1 amide bonds. The lowest BCUT2D eigenvalue weighted by Crippen LogP contribution is -2.44. The molecule has 102 valence electrons. The second-order valence-electron chi connectivity index (χ2n) is 4.76. The number of fused-ring (bicyclic) bond motifs is 1. The number of benzene rings is 1. The lowest BCUT2D eigenvalue weighted by atomic mass is 10.1. The number of aliphatic hydroxyl groups excluding tert-OH is 1. The average Bonchev–Trinajstić information content (AvgIpc) is 2.79. The number of para-hydroxylation sites is 1. The van der Waals surface area contributed by atoms with Crippen LogP contribution in [0.3, 0.4) is 0 Å². The topological polar surface area (TPSA) is 91.1 Å². The maximum absolute atomic E-state index is 11.8. The van der Waals surface area contributed by atoms with Crippen molar-refractivity contribution < 1.29 is 9.90 Å². The summed E-state index contributed by atoms with van der Waals surface area (Å²) in [6.45, 7) is 1.84. The number of aromatic amines is 1. The van der Waals surface area contributed by atoms with Gasteiger partial charge < -0.3 is 21.1 Å². The van der Waals surface area contributed by atoms with Crippen molar-refractivity contribution in [2.45, 2.75) is 25.5 Å². The smallest absolute Gasteiger partial charge is 0.237 e. The van der Waals surface area contributed by atoms with E-state index in [1.165, 1.54) is 0 Å². The summed E-state index contributed by atoms with van der Waals surface area (Å²) in [5, 5.41) is 12.8. The molecule has 5 nitrogen and oxygen atoms in total. The van der Waals surface area contributed by atoms with Crippen molar-refractivity contribution in [3.05, 3.63) is 36.0 Å². The summed E-state index contributed by atoms with van der Waals surface area (Å²) in [5.41, 5.74) is 7.94. The molecule has 5 heteroatoms. The molecular weight excluding hydrogens is 242 g/mol. The predicted octanol–water partition coefficient (Wildman–Crippen LogP) is 0.535. The van der Waals surface area contributed by atoms with E-state index in [0.717, 1.165) is 16.5 Å². The van der Waals surface area contributed by atoms with Gasteiger partial charge in [0, 0.05) is 23.6 Å². The molecule has 5 N–H and O–H groups in total. The Kier molecular flexibility index (Phi) is 4.19. The number of carbonyl (C=O) groups is 1. The zero-order valence-corrected chi connectivity index (χ0v) is 10.9. The average molecular weight is 261 g/mol. The standard InChI is InChI=1S/C14H19N3O2/c1-9(18)7-17-14(19)12(15)6-10-8-16-13-5-3-2-4-11(10)13/h2-5,8-9,12,16,18H,6-7,15H2,1H3,(H,17,19)/t9-,12?/m0/s1. The maximum atomic E-state index is 11.8. The maximum Gasteiger partial charge on any atom is 0.237 e. The molecule has 0 aliphatic carbocycles. The molecule has 0 aliphatic heterocycles. The first-order valence-corrected chi connectivity index (χ1v) is 6.34. The summed E-state index contributed by atoms with van der Waals surface area (Å²) in [7, 11) is 0. The number of rotatable bonds is 5. The van der Waals surface area contributed by atoms with Crippen LogP contribution in [-0.4, -0.2) is 34.7 Å². The van der Waals surface area contributed by atoms with Crippen LogP contribution in [0.15, 0.2) is 30.5 Å². The van der Waals surface area contributed by atoms with Crippen LogP contribution in [0.25, 0.3) is 10.9 Å². The first-order chi connectivity index (χ1) is 9.08. The quantitative estimate of drug-likeness (QED) is 0.633. The number of nitrogens with one attached hydrogen (secondary N) is 2. The molecule has 2 rings (SSSR count). The van der Waals surface area contributed by atoms with Gasteiger partial charge in [0.25, 0.3) is 0 Å². The number of nitrogens with two attached hydrogens (primary N) is 1. The number of amides is 1. The van der Waals surface area contributed by atoms with Crippen molar-refractivity contribution in [3.8, 4) is 0 Å². The number of aliphatic hydroxyl groups is 1. The molecule has 1 aromatic heterocycles. The Hall–Kier alpha value is -1.85. The van der Waals surface area contributed by atoms with E-state index in [1.807, 2.05) is 30.5 Å². The summed E-state index contributed by atoms with van der Waals surface area (Å²) in [4.78, 5) is 14.9. The third kappa shape index (κ3) is 3.33. The SMILES string of the molecule is C[C@H](O)CNC(=O)C(N)Cc1c[nH]c2ccccc12. The minimum Gasteiger partial charge on any atom is -0.392 e. The molecular formula is C14H19N3O2. The van der Waals surface area contributed by atoms with E-state index in [4.69, 9.17) is 10.8 Å². The van der Waals surface area contributed by atoms with E-state index in [0.29, 0.717) is 6.42 Å². The van der Waals surface area contributed by atoms with Crippen molar-refractivity contribution in [2.24, 2.45) is 5.73 Å². The highest BCUT2D eigenvalue weighted by Gasteiger charge is 2.16. The van der Waals surface area contributed by atoms with E-state index in [1.54, 1.807) is 6.92 Å². The van der Waals surface area contributed by atoms with E-state index < -0.39 is 12.1 Å². The Morgan fingerprint density at radius 3 is 2.95 bits per heavy atom. The van der Waals surface area contributed by atoms with Crippen molar-refractivity contribution in [3.63, 3.8) is 0 Å². The van der Waals surface area contributed by atoms with Crippen LogP contribution in [0, 0.1) is 0 Å². The molecule has 0 bridgehead atoms. The molecule has 1 unspecified atom stereocenters. The van der Waals surface area contributed by atoms with Gasteiger partial charge in [-0.05, 0) is 25.0 Å². The third-order valence-electron chi connectivity index (χ3n) is 3.02. The lowest BCUT2D eigenvalue weighted by molar-refractivity contribution is -0.122. The minimum atomic E-state index is -0.613. The Morgan fingerprint density at radius 2 is 2.21 bits per heavy atom. The number of hydrogen-bond donors (Lipinski definition) is 4. The summed E-state index contributed by atoms with van der Waals surface area (Å²) >= 11 is 0. The van der Waals surface area contributed by atoms with Crippen LogP contribution in [0.4, 0.5) is 0 Å². The Morgan fingerprint density at radius 1 is 1.47 bits per heavy atom. The lowest BCUT2D eigenvalue weighted by Gasteiger charge is -2.12. The van der Waals surface area contributed by atoms with Gasteiger partial charge in [-0.1, -0.05) is 18.2 Å². The minimum absolute atomic E-state index is 0.223. The molecule has 2 aromatic rings. The van der Waals surface area contributed by atoms with Gasteiger partial charge in [0.2, 0.25) is 5.91 Å². The van der Waals surface area contributed by atoms with Gasteiger partial charge in [-0.25, -0.2) is 0 Å². The largest absolute Gasteiger partial charge is 0.392 e. The number of H-pyrrole nitrogens is 1. The van der Waals surface area contributed by atoms with Crippen LogP contribution in [-0.2, 0) is 11.2 Å². The summed E-state index contributed by atoms with van der Waals surface area (Å²) in [6, 6.07) is 7.29. The van der Waals surface area contributed by atoms with Crippen molar-refractivity contribution in [1.82, 2.24) is 10.3 Å². The van der Waals surface area contributed by atoms with E-state index in [2.05, 4.69) is 10.3 Å². The van der Waals surface area contributed by atoms with Gasteiger partial charge in [-0.15, -0.1) is 0 Å². The predicted molar refractivity (Wildman–Crippen MR) is 74.7 cm³/mol. The first kappa shape index (κ1) is 13.6. The Bertz CT molecular complexity index is 563. The van der Waals surface area contributed by atoms with Crippen molar-refractivity contribution in [2.75, 3.05) is 6.54 Å². The molecule has 19 heavy (non-hydrogen) atoms. The van der Waals surface area contributed by atoms with Gasteiger partial charge in [0.05, 0.1) is 12.1 Å². The molecule has 2 atom stereocenters. The van der Waals surface area contributed by atoms with Crippen LogP contribution in [0.2, 0.25) is 0 Å². The first-order valence-electron chi connectivity index (χ1n) is 6.34. The van der Waals surface area contributed by atoms with Crippen molar-refractivity contribution >= 4 is 16.8 Å². The molecule has 1 aromatic carbocycles. The molecule has 0 spiro atoms. The fraction of sp³-hybridized carbons (Fsp3) is 0.357. The molecule has 0 fully saturated rings. The van der Waals surface area contributed by atoms with E-state index in [9.17, 15) is 4.79 Å². The monoisotopic (exact) mass is 261 g/mol. The van der Waals surface area contributed by atoms with Gasteiger partial charge in [0.1, 0.15) is 0 Å². The summed E-state index contributed by atoms with van der Waals surface area (Å²) in [6.07, 6.45) is 1.78. The highest BCUT2D eigenvalue weighted by atomic mass is 16.3. The second kappa shape index (κ2) is 5.86. The zero-order chi connectivity index (χ0) is 13.8. The third-order valence-corrected chi connectivity index (χ3v) is 3.02. The van der Waals surface area contributed by atoms with E-state index in [-0.39, 0.29) is 12.5 Å². The van der Waals surface area contributed by atoms with Crippen molar-refractivity contribution in [1.29, 1.82) is 0 Å². The molecule has 0 aliphatic rings. The fourth-order valence-electron chi connectivity index (χ4n) is 2.01. The van der Waals surface area contributed by atoms with E-state index >= 15 is 0 Å². The number of aromatic nitrogens is 1.